The maximum absolute atomic E-state index is 13.7. The predicted octanol–water partition coefficient (Wildman–Crippen LogP) is 4.62. The average Bonchev–Trinajstić information content (AvgIpc) is 3.25. The van der Waals surface area contributed by atoms with E-state index in [2.05, 4.69) is 25.9 Å². The van der Waals surface area contributed by atoms with Crippen molar-refractivity contribution in [3.8, 4) is 0 Å². The molecule has 4 heterocycles. The highest BCUT2D eigenvalue weighted by Gasteiger charge is 2.28. The van der Waals surface area contributed by atoms with Gasteiger partial charge in [0.15, 0.2) is 5.69 Å². The zero-order valence-corrected chi connectivity index (χ0v) is 23.7. The van der Waals surface area contributed by atoms with Gasteiger partial charge in [0.1, 0.15) is 5.69 Å². The molecule has 9 nitrogen and oxygen atoms in total. The Hall–Kier alpha value is -4.05. The van der Waals surface area contributed by atoms with Gasteiger partial charge in [0.05, 0.1) is 30.7 Å². The fourth-order valence-electron chi connectivity index (χ4n) is 5.45. The maximum Gasteiger partial charge on any atom is 0.358 e. The van der Waals surface area contributed by atoms with Crippen molar-refractivity contribution in [2.24, 2.45) is 0 Å². The van der Waals surface area contributed by atoms with Gasteiger partial charge in [-0.3, -0.25) is 9.59 Å². The van der Waals surface area contributed by atoms with Crippen molar-refractivity contribution in [1.82, 2.24) is 24.3 Å². The van der Waals surface area contributed by atoms with Crippen LogP contribution in [0, 0.1) is 0 Å². The molecule has 2 aromatic carbocycles. The molecule has 2 aliphatic heterocycles. The van der Waals surface area contributed by atoms with Gasteiger partial charge in [0.25, 0.3) is 11.8 Å². The summed E-state index contributed by atoms with van der Waals surface area (Å²) < 4.78 is 8.03. The van der Waals surface area contributed by atoms with E-state index in [1.807, 2.05) is 47.0 Å². The van der Waals surface area contributed by atoms with E-state index in [0.29, 0.717) is 49.6 Å². The number of halogens is 1. The lowest BCUT2D eigenvalue weighted by atomic mass is 9.96. The highest BCUT2D eigenvalue weighted by atomic mass is 79.9. The normalized spacial score (nSPS) is 14.8. The lowest BCUT2D eigenvalue weighted by Gasteiger charge is -2.29. The summed E-state index contributed by atoms with van der Waals surface area (Å²) in [6.07, 6.45) is 3.10. The van der Waals surface area contributed by atoms with Gasteiger partial charge in [-0.2, -0.15) is 0 Å². The Bertz CT molecular complexity index is 1650. The number of carbonyl (C=O) groups is 3. The molecule has 0 saturated carbocycles. The van der Waals surface area contributed by atoms with Crippen molar-refractivity contribution in [1.29, 1.82) is 0 Å². The molecule has 10 heteroatoms. The number of ether oxygens (including phenoxy) is 1. The number of fused-ring (bicyclic) bond motifs is 3. The van der Waals surface area contributed by atoms with Crippen LogP contribution in [-0.2, 0) is 30.8 Å². The van der Waals surface area contributed by atoms with E-state index >= 15 is 0 Å². The summed E-state index contributed by atoms with van der Waals surface area (Å²) in [5.74, 6) is -0.716. The topological polar surface area (TPSA) is 97.6 Å². The number of aryl methyl sites for hydroxylation is 1. The molecule has 2 amide bonds. The molecule has 0 bridgehead atoms. The number of benzene rings is 2. The average molecular weight is 602 g/mol. The fraction of sp³-hybridized carbons (Fsp3) is 0.300. The molecule has 0 saturated heterocycles. The highest BCUT2D eigenvalue weighted by molar-refractivity contribution is 9.10. The number of hydrogen-bond donors (Lipinski definition) is 0. The second kappa shape index (κ2) is 10.8. The number of rotatable bonds is 4. The minimum absolute atomic E-state index is 0.113. The summed E-state index contributed by atoms with van der Waals surface area (Å²) >= 11 is 3.54. The summed E-state index contributed by atoms with van der Waals surface area (Å²) in [4.78, 5) is 51.9. The van der Waals surface area contributed by atoms with Crippen LogP contribution in [0.5, 0.6) is 0 Å². The predicted molar refractivity (Wildman–Crippen MR) is 152 cm³/mol. The molecule has 4 aromatic rings. The number of imidazole rings is 1. The molecule has 40 heavy (non-hydrogen) atoms. The lowest BCUT2D eigenvalue weighted by Crippen LogP contribution is -2.37. The number of carbonyl (C=O) groups excluding carboxylic acids is 3. The van der Waals surface area contributed by atoms with E-state index < -0.39 is 5.97 Å². The first-order valence-electron chi connectivity index (χ1n) is 13.4. The molecule has 6 rings (SSSR count). The molecule has 0 N–H and O–H groups in total. The van der Waals surface area contributed by atoms with Crippen LogP contribution in [0.25, 0.3) is 10.9 Å². The zero-order valence-electron chi connectivity index (χ0n) is 22.1. The van der Waals surface area contributed by atoms with Gasteiger partial charge >= 0.3 is 5.97 Å². The monoisotopic (exact) mass is 601 g/mol. The molecular weight excluding hydrogens is 574 g/mol. The number of nitrogens with zero attached hydrogens (tertiary/aromatic N) is 5. The third-order valence-corrected chi connectivity index (χ3v) is 8.21. The first-order valence-corrected chi connectivity index (χ1v) is 14.2. The van der Waals surface area contributed by atoms with E-state index in [4.69, 9.17) is 4.74 Å². The summed E-state index contributed by atoms with van der Waals surface area (Å²) in [6.45, 7) is 4.53. The van der Waals surface area contributed by atoms with Gasteiger partial charge in [0.2, 0.25) is 0 Å². The van der Waals surface area contributed by atoms with Gasteiger partial charge in [-0.25, -0.2) is 14.8 Å². The van der Waals surface area contributed by atoms with Crippen LogP contribution in [0.1, 0.15) is 61.5 Å². The smallest absolute Gasteiger partial charge is 0.358 e. The quantitative estimate of drug-likeness (QED) is 0.317. The largest absolute Gasteiger partial charge is 0.461 e. The maximum atomic E-state index is 13.7. The van der Waals surface area contributed by atoms with Gasteiger partial charge < -0.3 is 19.1 Å². The van der Waals surface area contributed by atoms with Crippen LogP contribution in [-0.4, -0.2) is 61.8 Å². The lowest BCUT2D eigenvalue weighted by molar-refractivity contribution is 0.0514. The number of aromatic nitrogens is 3. The van der Waals surface area contributed by atoms with Crippen molar-refractivity contribution in [3.05, 3.63) is 93.1 Å². The van der Waals surface area contributed by atoms with Crippen LogP contribution in [0.3, 0.4) is 0 Å². The minimum Gasteiger partial charge on any atom is -0.461 e. The summed E-state index contributed by atoms with van der Waals surface area (Å²) in [6, 6.07) is 15.2. The molecule has 2 aromatic heterocycles. The van der Waals surface area contributed by atoms with Crippen LogP contribution in [0.15, 0.2) is 59.3 Å². The Morgan fingerprint density at radius 1 is 0.950 bits per heavy atom. The van der Waals surface area contributed by atoms with Crippen molar-refractivity contribution in [3.63, 3.8) is 0 Å². The van der Waals surface area contributed by atoms with Gasteiger partial charge in [0, 0.05) is 41.6 Å². The van der Waals surface area contributed by atoms with Crippen LogP contribution in [0.2, 0.25) is 0 Å². The highest BCUT2D eigenvalue weighted by Crippen LogP contribution is 2.26. The first-order chi connectivity index (χ1) is 19.4. The minimum atomic E-state index is -0.474. The van der Waals surface area contributed by atoms with Crippen LogP contribution in [0.4, 0.5) is 0 Å². The second-order valence-electron chi connectivity index (χ2n) is 10.00. The number of hydrogen-bond acceptors (Lipinski definition) is 6. The third kappa shape index (κ3) is 4.88. The molecule has 0 fully saturated rings. The number of amides is 2. The molecule has 0 spiro atoms. The Balaban J connectivity index is 1.21. The van der Waals surface area contributed by atoms with Crippen LogP contribution >= 0.6 is 15.9 Å². The molecule has 0 atom stereocenters. The Morgan fingerprint density at radius 2 is 1.80 bits per heavy atom. The van der Waals surface area contributed by atoms with E-state index in [1.165, 1.54) is 0 Å². The summed E-state index contributed by atoms with van der Waals surface area (Å²) in [5, 5.41) is 0.956. The number of esters is 1. The molecule has 204 valence electrons. The molecule has 0 radical (unpaired) electrons. The molecule has 2 aliphatic rings. The standard InChI is InChI=1S/C30H28BrN5O4/c1-2-40-30(39)27-26-17-34(12-4-13-36(26)18-32-27)28(37)20-8-7-19-11-14-35(16-21(19)15-20)29(38)25-10-9-22-23(31)5-3-6-24(22)33-25/h3,5-10,15,18H,2,4,11-14,16-17H2,1H3. The first kappa shape index (κ1) is 26.2. The Kier molecular flexibility index (Phi) is 7.10. The fourth-order valence-corrected chi connectivity index (χ4v) is 5.93. The van der Waals surface area contributed by atoms with E-state index in [1.54, 1.807) is 29.1 Å². The van der Waals surface area contributed by atoms with Gasteiger partial charge in [-0.05, 0) is 67.3 Å². The van der Waals surface area contributed by atoms with E-state index in [0.717, 1.165) is 32.9 Å². The second-order valence-corrected chi connectivity index (χ2v) is 10.9. The molecule has 0 unspecified atom stereocenters. The SMILES string of the molecule is CCOC(=O)c1ncn2c1CN(C(=O)c1ccc3c(c1)CN(C(=O)c1ccc4c(Br)cccc4n1)CC3)CCC2. The van der Waals surface area contributed by atoms with Crippen molar-refractivity contribution < 1.29 is 19.1 Å². The van der Waals surface area contributed by atoms with Crippen molar-refractivity contribution in [2.45, 2.75) is 39.4 Å². The van der Waals surface area contributed by atoms with Gasteiger partial charge in [-0.15, -0.1) is 0 Å². The van der Waals surface area contributed by atoms with Gasteiger partial charge in [-0.1, -0.05) is 28.1 Å². The zero-order chi connectivity index (χ0) is 27.8. The van der Waals surface area contributed by atoms with Crippen LogP contribution < -0.4 is 0 Å². The van der Waals surface area contributed by atoms with Crippen molar-refractivity contribution >= 4 is 44.6 Å². The summed E-state index contributed by atoms with van der Waals surface area (Å²) in [5.41, 5.74) is 4.77. The molecular formula is C30H28BrN5O4. The number of pyridine rings is 1. The van der Waals surface area contributed by atoms with E-state index in [9.17, 15) is 14.4 Å². The third-order valence-electron chi connectivity index (χ3n) is 7.52. The van der Waals surface area contributed by atoms with E-state index in [-0.39, 0.29) is 30.7 Å². The van der Waals surface area contributed by atoms with Crippen molar-refractivity contribution in [2.75, 3.05) is 19.7 Å². The Morgan fingerprint density at radius 3 is 2.65 bits per heavy atom. The summed E-state index contributed by atoms with van der Waals surface area (Å²) in [7, 11) is 0. The Labute approximate surface area is 239 Å². The molecule has 0 aliphatic carbocycles.